The van der Waals surface area contributed by atoms with E-state index in [1.54, 1.807) is 0 Å². The quantitative estimate of drug-likeness (QED) is 0.645. The molecule has 70 valence electrons. The van der Waals surface area contributed by atoms with Crippen LogP contribution in [0.15, 0.2) is 30.3 Å². The fourth-order valence-corrected chi connectivity index (χ4v) is 1.28. The van der Waals surface area contributed by atoms with E-state index >= 15 is 0 Å². The highest BCUT2D eigenvalue weighted by Gasteiger charge is 1.88. The van der Waals surface area contributed by atoms with E-state index < -0.39 is 0 Å². The van der Waals surface area contributed by atoms with Crippen LogP contribution < -0.4 is 5.30 Å². The average Bonchev–Trinajstić information content (AvgIpc) is 2.08. The van der Waals surface area contributed by atoms with Gasteiger partial charge in [-0.25, -0.2) is 0 Å². The van der Waals surface area contributed by atoms with Gasteiger partial charge >= 0.3 is 0 Å². The minimum Gasteiger partial charge on any atom is -0.106 e. The summed E-state index contributed by atoms with van der Waals surface area (Å²) >= 11 is 0. The third kappa shape index (κ3) is 4.24. The van der Waals surface area contributed by atoms with Crippen LogP contribution in [0.5, 0.6) is 0 Å². The van der Waals surface area contributed by atoms with Crippen LogP contribution in [0, 0.1) is 5.92 Å². The molecule has 1 aromatic carbocycles. The Morgan fingerprint density at radius 2 is 1.85 bits per heavy atom. The van der Waals surface area contributed by atoms with Crippen molar-refractivity contribution in [1.82, 2.24) is 0 Å². The van der Waals surface area contributed by atoms with E-state index in [9.17, 15) is 0 Å². The summed E-state index contributed by atoms with van der Waals surface area (Å²) in [5, 5.41) is 1.24. The Bertz CT molecular complexity index is 270. The molecular formula is C12H17P. The summed E-state index contributed by atoms with van der Waals surface area (Å²) in [7, 11) is 2.69. The van der Waals surface area contributed by atoms with E-state index in [0.29, 0.717) is 0 Å². The van der Waals surface area contributed by atoms with Gasteiger partial charge in [-0.05, 0) is 23.2 Å². The second-order valence-corrected chi connectivity index (χ2v) is 4.37. The number of rotatable bonds is 3. The van der Waals surface area contributed by atoms with Gasteiger partial charge in [0.2, 0.25) is 0 Å². The molecule has 0 heterocycles. The lowest BCUT2D eigenvalue weighted by atomic mass is 10.1. The zero-order valence-corrected chi connectivity index (χ0v) is 9.48. The van der Waals surface area contributed by atoms with Crippen LogP contribution in [-0.2, 0) is 0 Å². The molecule has 0 bridgehead atoms. The highest BCUT2D eigenvalue weighted by Crippen LogP contribution is 2.05. The van der Waals surface area contributed by atoms with E-state index in [0.717, 1.165) is 12.3 Å². The van der Waals surface area contributed by atoms with Gasteiger partial charge in [0.15, 0.2) is 0 Å². The predicted molar refractivity (Wildman–Crippen MR) is 64.3 cm³/mol. The maximum absolute atomic E-state index is 2.69. The Morgan fingerprint density at radius 3 is 2.38 bits per heavy atom. The van der Waals surface area contributed by atoms with Crippen molar-refractivity contribution in [1.29, 1.82) is 0 Å². The van der Waals surface area contributed by atoms with Crippen molar-refractivity contribution >= 4 is 20.6 Å². The smallest absolute Gasteiger partial charge is 0.0259 e. The molecule has 0 N–H and O–H groups in total. The Balaban J connectivity index is 2.54. The summed E-state index contributed by atoms with van der Waals surface area (Å²) in [5.41, 5.74) is 1.28. The lowest BCUT2D eigenvalue weighted by Gasteiger charge is -1.97. The van der Waals surface area contributed by atoms with Crippen LogP contribution in [0.25, 0.3) is 6.08 Å². The van der Waals surface area contributed by atoms with Crippen LogP contribution in [0.2, 0.25) is 0 Å². The van der Waals surface area contributed by atoms with Crippen molar-refractivity contribution in [2.45, 2.75) is 20.3 Å². The Labute approximate surface area is 83.3 Å². The van der Waals surface area contributed by atoms with Crippen LogP contribution >= 0.6 is 9.24 Å². The molecule has 0 amide bonds. The highest BCUT2D eigenvalue weighted by atomic mass is 31.0. The zero-order valence-electron chi connectivity index (χ0n) is 8.33. The molecule has 1 aromatic rings. The lowest BCUT2D eigenvalue weighted by Crippen LogP contribution is -1.87. The van der Waals surface area contributed by atoms with E-state index in [-0.39, 0.29) is 0 Å². The molecule has 0 aliphatic heterocycles. The zero-order chi connectivity index (χ0) is 9.68. The van der Waals surface area contributed by atoms with E-state index in [2.05, 4.69) is 59.5 Å². The maximum Gasteiger partial charge on any atom is -0.0259 e. The Hall–Kier alpha value is -0.610. The first-order valence-corrected chi connectivity index (χ1v) is 5.28. The topological polar surface area (TPSA) is 0 Å². The van der Waals surface area contributed by atoms with Gasteiger partial charge < -0.3 is 0 Å². The first-order chi connectivity index (χ1) is 6.18. The molecule has 0 aliphatic carbocycles. The van der Waals surface area contributed by atoms with Gasteiger partial charge in [0.05, 0.1) is 0 Å². The number of hydrogen-bond acceptors (Lipinski definition) is 0. The second-order valence-electron chi connectivity index (χ2n) is 3.70. The summed E-state index contributed by atoms with van der Waals surface area (Å²) < 4.78 is 0. The van der Waals surface area contributed by atoms with Crippen LogP contribution in [0.4, 0.5) is 0 Å². The molecule has 0 spiro atoms. The van der Waals surface area contributed by atoms with Crippen molar-refractivity contribution in [2.24, 2.45) is 5.92 Å². The van der Waals surface area contributed by atoms with Gasteiger partial charge in [-0.1, -0.05) is 50.3 Å². The summed E-state index contributed by atoms with van der Waals surface area (Å²) in [4.78, 5) is 0. The molecular weight excluding hydrogens is 175 g/mol. The third-order valence-corrected chi connectivity index (χ3v) is 2.24. The van der Waals surface area contributed by atoms with Crippen LogP contribution in [0.3, 0.4) is 0 Å². The van der Waals surface area contributed by atoms with Gasteiger partial charge in [-0.3, -0.25) is 0 Å². The Kier molecular flexibility index (Phi) is 4.18. The molecule has 0 nitrogen and oxygen atoms in total. The van der Waals surface area contributed by atoms with E-state index in [1.807, 2.05) is 0 Å². The van der Waals surface area contributed by atoms with Gasteiger partial charge in [0, 0.05) is 0 Å². The molecule has 0 saturated carbocycles. The fourth-order valence-electron chi connectivity index (χ4n) is 1.08. The SMILES string of the molecule is CC(C)C/C=C/c1ccc(P)cc1. The lowest BCUT2D eigenvalue weighted by molar-refractivity contribution is 0.665. The normalized spacial score (nSPS) is 11.4. The summed E-state index contributed by atoms with van der Waals surface area (Å²) in [6.45, 7) is 4.46. The summed E-state index contributed by atoms with van der Waals surface area (Å²) in [6, 6.07) is 8.50. The monoisotopic (exact) mass is 192 g/mol. The van der Waals surface area contributed by atoms with Gasteiger partial charge in [-0.2, -0.15) is 0 Å². The van der Waals surface area contributed by atoms with Gasteiger partial charge in [0.25, 0.3) is 0 Å². The van der Waals surface area contributed by atoms with Crippen LogP contribution in [0.1, 0.15) is 25.8 Å². The van der Waals surface area contributed by atoms with Crippen molar-refractivity contribution in [3.05, 3.63) is 35.9 Å². The van der Waals surface area contributed by atoms with Crippen molar-refractivity contribution in [3.8, 4) is 0 Å². The highest BCUT2D eigenvalue weighted by molar-refractivity contribution is 7.27. The molecule has 1 atom stereocenters. The Morgan fingerprint density at radius 1 is 1.23 bits per heavy atom. The molecule has 1 unspecified atom stereocenters. The number of allylic oxidation sites excluding steroid dienone is 1. The van der Waals surface area contributed by atoms with Crippen molar-refractivity contribution in [2.75, 3.05) is 0 Å². The minimum absolute atomic E-state index is 0.747. The molecule has 1 rings (SSSR count). The first-order valence-electron chi connectivity index (χ1n) is 4.70. The second kappa shape index (κ2) is 5.19. The minimum atomic E-state index is 0.747. The predicted octanol–water partition coefficient (Wildman–Crippen LogP) is 3.25. The summed E-state index contributed by atoms with van der Waals surface area (Å²) in [6.07, 6.45) is 5.58. The first kappa shape index (κ1) is 10.5. The fraction of sp³-hybridized carbons (Fsp3) is 0.333. The van der Waals surface area contributed by atoms with E-state index in [4.69, 9.17) is 0 Å². The summed E-state index contributed by atoms with van der Waals surface area (Å²) in [5.74, 6) is 0.747. The van der Waals surface area contributed by atoms with Crippen molar-refractivity contribution < 1.29 is 0 Å². The molecule has 0 fully saturated rings. The maximum atomic E-state index is 2.69. The van der Waals surface area contributed by atoms with E-state index in [1.165, 1.54) is 10.9 Å². The molecule has 1 heteroatoms. The number of benzene rings is 1. The van der Waals surface area contributed by atoms with Crippen molar-refractivity contribution in [3.63, 3.8) is 0 Å². The molecule has 13 heavy (non-hydrogen) atoms. The van der Waals surface area contributed by atoms with Crippen LogP contribution in [-0.4, -0.2) is 0 Å². The number of hydrogen-bond donors (Lipinski definition) is 0. The average molecular weight is 192 g/mol. The molecule has 0 saturated heterocycles. The largest absolute Gasteiger partial charge is 0.106 e. The third-order valence-electron chi connectivity index (χ3n) is 1.85. The van der Waals surface area contributed by atoms with Gasteiger partial charge in [0.1, 0.15) is 0 Å². The molecule has 0 radical (unpaired) electrons. The molecule has 0 aromatic heterocycles. The molecule has 0 aliphatic rings. The standard InChI is InChI=1S/C12H17P/c1-10(2)4-3-5-11-6-8-12(13)9-7-11/h3,5-10H,4,13H2,1-2H3/b5-3+. The van der Waals surface area contributed by atoms with Gasteiger partial charge in [-0.15, -0.1) is 9.24 Å².